The van der Waals surface area contributed by atoms with Gasteiger partial charge >= 0.3 is 5.97 Å². The van der Waals surface area contributed by atoms with Crippen molar-refractivity contribution in [1.82, 2.24) is 0 Å². The number of nitrogens with zero attached hydrogens (tertiary/aromatic N) is 1. The number of nitriles is 1. The number of benzene rings is 3. The molecule has 36 heavy (non-hydrogen) atoms. The summed E-state index contributed by atoms with van der Waals surface area (Å²) in [6.45, 7) is 4.38. The number of rotatable bonds is 8. The van der Waals surface area contributed by atoms with E-state index < -0.39 is 11.9 Å². The minimum atomic E-state index is -0.617. The molecule has 0 saturated heterocycles. The smallest absolute Gasteiger partial charge is 0.337 e. The summed E-state index contributed by atoms with van der Waals surface area (Å²) in [5.41, 5.74) is 4.45. The molecule has 0 spiro atoms. The zero-order valence-corrected chi connectivity index (χ0v) is 21.1. The van der Waals surface area contributed by atoms with E-state index in [1.165, 1.54) is 38.0 Å². The molecule has 0 unspecified atom stereocenters. The molecule has 0 saturated carbocycles. The van der Waals surface area contributed by atoms with Gasteiger partial charge in [0.2, 0.25) is 0 Å². The predicted octanol–water partition coefficient (Wildman–Crippen LogP) is 5.88. The van der Waals surface area contributed by atoms with Gasteiger partial charge in [-0.15, -0.1) is 0 Å². The number of carbonyl (C=O) groups is 2. The zero-order valence-electron chi connectivity index (χ0n) is 20.3. The van der Waals surface area contributed by atoms with Gasteiger partial charge in [-0.05, 0) is 78.6 Å². The summed E-state index contributed by atoms with van der Waals surface area (Å²) >= 11 is 6.47. The van der Waals surface area contributed by atoms with Crippen molar-refractivity contribution >= 4 is 35.2 Å². The normalized spacial score (nSPS) is 10.8. The molecule has 0 heterocycles. The molecule has 0 aromatic heterocycles. The summed E-state index contributed by atoms with van der Waals surface area (Å²) in [7, 11) is 2.77. The summed E-state index contributed by atoms with van der Waals surface area (Å²) in [4.78, 5) is 24.2. The molecule has 0 bridgehead atoms. The van der Waals surface area contributed by atoms with Crippen molar-refractivity contribution in [3.05, 3.63) is 93.0 Å². The zero-order chi connectivity index (χ0) is 26.2. The maximum absolute atomic E-state index is 12.7. The SMILES string of the molecule is COC(=O)c1ccc(NC(=O)/C(C#N)=C/c2cc(Cl)c(OCc3ccc(C)c(C)c3)c(OC)c2)cc1. The van der Waals surface area contributed by atoms with Gasteiger partial charge in [0, 0.05) is 5.69 Å². The molecule has 7 nitrogen and oxygen atoms in total. The number of methoxy groups -OCH3 is 2. The van der Waals surface area contributed by atoms with E-state index in [4.69, 9.17) is 21.1 Å². The maximum Gasteiger partial charge on any atom is 0.337 e. The van der Waals surface area contributed by atoms with Crippen molar-refractivity contribution in [2.24, 2.45) is 0 Å². The van der Waals surface area contributed by atoms with Gasteiger partial charge in [0.05, 0.1) is 24.8 Å². The molecule has 1 N–H and O–H groups in total. The van der Waals surface area contributed by atoms with Crippen LogP contribution in [0.3, 0.4) is 0 Å². The van der Waals surface area contributed by atoms with Crippen LogP contribution in [0.15, 0.2) is 60.2 Å². The highest BCUT2D eigenvalue weighted by molar-refractivity contribution is 6.32. The van der Waals surface area contributed by atoms with Crippen LogP contribution in [0.2, 0.25) is 5.02 Å². The van der Waals surface area contributed by atoms with E-state index in [-0.39, 0.29) is 10.6 Å². The van der Waals surface area contributed by atoms with E-state index in [0.29, 0.717) is 34.9 Å². The van der Waals surface area contributed by atoms with Gasteiger partial charge in [0.25, 0.3) is 5.91 Å². The minimum absolute atomic E-state index is 0.144. The summed E-state index contributed by atoms with van der Waals surface area (Å²) in [6, 6.07) is 17.3. The van der Waals surface area contributed by atoms with Crippen molar-refractivity contribution in [1.29, 1.82) is 5.26 Å². The van der Waals surface area contributed by atoms with Crippen LogP contribution in [0.4, 0.5) is 5.69 Å². The van der Waals surface area contributed by atoms with Gasteiger partial charge in [-0.2, -0.15) is 5.26 Å². The van der Waals surface area contributed by atoms with E-state index in [0.717, 1.165) is 11.1 Å². The number of anilines is 1. The van der Waals surface area contributed by atoms with E-state index in [1.54, 1.807) is 24.3 Å². The van der Waals surface area contributed by atoms with Crippen molar-refractivity contribution < 1.29 is 23.8 Å². The first kappa shape index (κ1) is 26.3. The van der Waals surface area contributed by atoms with Crippen LogP contribution >= 0.6 is 11.6 Å². The first-order valence-electron chi connectivity index (χ1n) is 10.9. The molecule has 3 aromatic carbocycles. The van der Waals surface area contributed by atoms with E-state index in [2.05, 4.69) is 10.1 Å². The van der Waals surface area contributed by atoms with Crippen LogP contribution in [-0.2, 0) is 16.1 Å². The minimum Gasteiger partial charge on any atom is -0.493 e. The number of hydrogen-bond donors (Lipinski definition) is 1. The summed E-state index contributed by atoms with van der Waals surface area (Å²) in [5, 5.41) is 12.5. The Kier molecular flexibility index (Phi) is 8.71. The van der Waals surface area contributed by atoms with Gasteiger partial charge in [0.1, 0.15) is 18.2 Å². The Labute approximate surface area is 214 Å². The lowest BCUT2D eigenvalue weighted by atomic mass is 10.1. The molecule has 0 atom stereocenters. The lowest BCUT2D eigenvalue weighted by Gasteiger charge is -2.14. The summed E-state index contributed by atoms with van der Waals surface area (Å²) in [6.07, 6.45) is 1.40. The van der Waals surface area contributed by atoms with Crippen molar-refractivity contribution in [2.45, 2.75) is 20.5 Å². The molecule has 0 aliphatic rings. The Morgan fingerprint density at radius 3 is 2.36 bits per heavy atom. The quantitative estimate of drug-likeness (QED) is 0.234. The average molecular weight is 505 g/mol. The number of carbonyl (C=O) groups excluding carboxylic acids is 2. The third kappa shape index (κ3) is 6.44. The number of ether oxygens (including phenoxy) is 3. The Morgan fingerprint density at radius 2 is 1.75 bits per heavy atom. The van der Waals surface area contributed by atoms with Crippen LogP contribution in [0, 0.1) is 25.2 Å². The third-order valence-corrected chi connectivity index (χ3v) is 5.73. The Bertz CT molecular complexity index is 1360. The average Bonchev–Trinajstić information content (AvgIpc) is 2.88. The molecule has 184 valence electrons. The first-order chi connectivity index (χ1) is 17.2. The largest absolute Gasteiger partial charge is 0.493 e. The van der Waals surface area contributed by atoms with Crippen molar-refractivity contribution in [3.63, 3.8) is 0 Å². The molecule has 0 fully saturated rings. The van der Waals surface area contributed by atoms with Crippen molar-refractivity contribution in [2.75, 3.05) is 19.5 Å². The lowest BCUT2D eigenvalue weighted by Crippen LogP contribution is -2.13. The van der Waals surface area contributed by atoms with Gasteiger partial charge < -0.3 is 19.5 Å². The van der Waals surface area contributed by atoms with Gasteiger partial charge in [-0.25, -0.2) is 4.79 Å². The summed E-state index contributed by atoms with van der Waals surface area (Å²) in [5.74, 6) is -0.372. The lowest BCUT2D eigenvalue weighted by molar-refractivity contribution is -0.112. The van der Waals surface area contributed by atoms with E-state index >= 15 is 0 Å². The van der Waals surface area contributed by atoms with E-state index in [1.807, 2.05) is 38.1 Å². The molecule has 0 aliphatic carbocycles. The van der Waals surface area contributed by atoms with Gasteiger partial charge in [0.15, 0.2) is 11.5 Å². The standard InChI is InChI=1S/C28H25ClN2O5/c1-17-5-6-19(11-18(17)2)16-36-26-24(29)13-20(14-25(26)34-3)12-22(15-30)27(32)31-23-9-7-21(8-10-23)28(33)35-4/h5-14H,16H2,1-4H3,(H,31,32)/b22-12+. The second kappa shape index (κ2) is 11.9. The molecule has 1 amide bonds. The molecule has 0 aliphatic heterocycles. The van der Waals surface area contributed by atoms with Crippen LogP contribution in [0.1, 0.15) is 32.6 Å². The van der Waals surface area contributed by atoms with Crippen molar-refractivity contribution in [3.8, 4) is 17.6 Å². The molecule has 8 heteroatoms. The highest BCUT2D eigenvalue weighted by Gasteiger charge is 2.15. The topological polar surface area (TPSA) is 97.7 Å². The molecular weight excluding hydrogens is 480 g/mol. The highest BCUT2D eigenvalue weighted by Crippen LogP contribution is 2.37. The maximum atomic E-state index is 12.7. The van der Waals surface area contributed by atoms with E-state index in [9.17, 15) is 14.9 Å². The molecule has 3 aromatic rings. The van der Waals surface area contributed by atoms with Crippen LogP contribution in [-0.4, -0.2) is 26.1 Å². The number of aryl methyl sites for hydroxylation is 2. The van der Waals surface area contributed by atoms with Crippen LogP contribution in [0.25, 0.3) is 6.08 Å². The Balaban J connectivity index is 1.78. The monoisotopic (exact) mass is 504 g/mol. The highest BCUT2D eigenvalue weighted by atomic mass is 35.5. The van der Waals surface area contributed by atoms with Crippen LogP contribution < -0.4 is 14.8 Å². The molecule has 3 rings (SSSR count). The van der Waals surface area contributed by atoms with Crippen LogP contribution in [0.5, 0.6) is 11.5 Å². The summed E-state index contributed by atoms with van der Waals surface area (Å²) < 4.78 is 16.0. The second-order valence-electron chi connectivity index (χ2n) is 7.93. The van der Waals surface area contributed by atoms with Gasteiger partial charge in [-0.3, -0.25) is 4.79 Å². The predicted molar refractivity (Wildman–Crippen MR) is 138 cm³/mol. The second-order valence-corrected chi connectivity index (χ2v) is 8.34. The fourth-order valence-corrected chi connectivity index (χ4v) is 3.61. The number of halogens is 1. The molecule has 0 radical (unpaired) electrons. The number of hydrogen-bond acceptors (Lipinski definition) is 6. The van der Waals surface area contributed by atoms with Gasteiger partial charge in [-0.1, -0.05) is 29.8 Å². The fraction of sp³-hybridized carbons (Fsp3) is 0.179. The number of esters is 1. The number of nitrogens with one attached hydrogen (secondary N) is 1. The Hall–Kier alpha value is -4.28. The molecular formula is C28H25ClN2O5. The number of amides is 1. The fourth-order valence-electron chi connectivity index (χ4n) is 3.33. The first-order valence-corrected chi connectivity index (χ1v) is 11.3. The third-order valence-electron chi connectivity index (χ3n) is 5.45. The Morgan fingerprint density at radius 1 is 1.03 bits per heavy atom.